The monoisotopic (exact) mass is 458 g/mol. The SMILES string of the molecule is CC(=O)OCCN1C(=O)C(C#N)=C(C)/C(=C\c2ccc(-c3cc(Cl)ccc3Cl)o2)C1=O. The van der Waals surface area contributed by atoms with Crippen LogP contribution in [0, 0.1) is 11.3 Å². The van der Waals surface area contributed by atoms with Gasteiger partial charge in [-0.3, -0.25) is 19.3 Å². The average Bonchev–Trinajstić information content (AvgIpc) is 3.18. The number of imide groups is 1. The number of amides is 2. The summed E-state index contributed by atoms with van der Waals surface area (Å²) < 4.78 is 10.6. The molecule has 0 saturated heterocycles. The van der Waals surface area contributed by atoms with Gasteiger partial charge in [-0.25, -0.2) is 0 Å². The van der Waals surface area contributed by atoms with E-state index in [0.717, 1.165) is 4.90 Å². The second-order valence-corrected chi connectivity index (χ2v) is 7.44. The van der Waals surface area contributed by atoms with Gasteiger partial charge in [0.25, 0.3) is 11.8 Å². The molecule has 0 aliphatic carbocycles. The zero-order valence-electron chi connectivity index (χ0n) is 16.6. The van der Waals surface area contributed by atoms with Crippen molar-refractivity contribution in [3.05, 3.63) is 62.9 Å². The first-order chi connectivity index (χ1) is 14.7. The van der Waals surface area contributed by atoms with Gasteiger partial charge in [-0.1, -0.05) is 23.2 Å². The molecule has 0 saturated carbocycles. The van der Waals surface area contributed by atoms with Crippen molar-refractivity contribution in [1.29, 1.82) is 5.26 Å². The maximum Gasteiger partial charge on any atom is 0.302 e. The molecule has 31 heavy (non-hydrogen) atoms. The smallest absolute Gasteiger partial charge is 0.302 e. The Bertz CT molecular complexity index is 1190. The van der Waals surface area contributed by atoms with Crippen molar-refractivity contribution >= 4 is 47.1 Å². The highest BCUT2D eigenvalue weighted by Gasteiger charge is 2.35. The fourth-order valence-electron chi connectivity index (χ4n) is 3.02. The second-order valence-electron chi connectivity index (χ2n) is 6.60. The highest BCUT2D eigenvalue weighted by atomic mass is 35.5. The van der Waals surface area contributed by atoms with Crippen LogP contribution in [0.4, 0.5) is 0 Å². The van der Waals surface area contributed by atoms with Gasteiger partial charge in [0.1, 0.15) is 29.8 Å². The number of nitriles is 1. The van der Waals surface area contributed by atoms with Crippen molar-refractivity contribution in [3.63, 3.8) is 0 Å². The lowest BCUT2D eigenvalue weighted by Gasteiger charge is -2.27. The van der Waals surface area contributed by atoms with Gasteiger partial charge >= 0.3 is 5.97 Å². The van der Waals surface area contributed by atoms with E-state index in [0.29, 0.717) is 27.1 Å². The zero-order chi connectivity index (χ0) is 22.7. The summed E-state index contributed by atoms with van der Waals surface area (Å²) in [5.41, 5.74) is 0.771. The molecule has 7 nitrogen and oxygen atoms in total. The lowest BCUT2D eigenvalue weighted by Crippen LogP contribution is -2.44. The number of nitrogens with zero attached hydrogens (tertiary/aromatic N) is 2. The van der Waals surface area contributed by atoms with Crippen LogP contribution in [-0.2, 0) is 19.1 Å². The maximum absolute atomic E-state index is 12.9. The minimum absolute atomic E-state index is 0.122. The minimum Gasteiger partial charge on any atom is -0.464 e. The van der Waals surface area contributed by atoms with Crippen LogP contribution < -0.4 is 0 Å². The second kappa shape index (κ2) is 9.21. The minimum atomic E-state index is -0.736. The molecule has 2 aromatic rings. The summed E-state index contributed by atoms with van der Waals surface area (Å²) in [6, 6.07) is 10.1. The first kappa shape index (κ1) is 22.3. The number of halogens is 2. The molecule has 1 aliphatic rings. The summed E-state index contributed by atoms with van der Waals surface area (Å²) in [6.07, 6.45) is 1.45. The molecular formula is C22H16Cl2N2O5. The van der Waals surface area contributed by atoms with E-state index in [4.69, 9.17) is 32.4 Å². The Morgan fingerprint density at radius 3 is 2.65 bits per heavy atom. The van der Waals surface area contributed by atoms with Gasteiger partial charge in [-0.15, -0.1) is 0 Å². The Balaban J connectivity index is 1.97. The van der Waals surface area contributed by atoms with Gasteiger partial charge in [0, 0.05) is 23.1 Å². The van der Waals surface area contributed by atoms with Gasteiger partial charge in [-0.2, -0.15) is 5.26 Å². The average molecular weight is 459 g/mol. The summed E-state index contributed by atoms with van der Waals surface area (Å²) in [5.74, 6) is -1.14. The molecular weight excluding hydrogens is 443 g/mol. The van der Waals surface area contributed by atoms with E-state index in [-0.39, 0.29) is 29.9 Å². The highest BCUT2D eigenvalue weighted by Crippen LogP contribution is 2.33. The number of benzene rings is 1. The van der Waals surface area contributed by atoms with Crippen LogP contribution in [0.1, 0.15) is 19.6 Å². The Morgan fingerprint density at radius 2 is 1.97 bits per heavy atom. The quantitative estimate of drug-likeness (QED) is 0.373. The number of carbonyl (C=O) groups is 3. The molecule has 3 rings (SSSR count). The van der Waals surface area contributed by atoms with Gasteiger partial charge in [0.2, 0.25) is 0 Å². The van der Waals surface area contributed by atoms with Crippen LogP contribution in [0.5, 0.6) is 0 Å². The largest absolute Gasteiger partial charge is 0.464 e. The Hall–Kier alpha value is -3.34. The third-order valence-electron chi connectivity index (χ3n) is 4.55. The van der Waals surface area contributed by atoms with E-state index < -0.39 is 17.8 Å². The molecule has 0 bridgehead atoms. The van der Waals surface area contributed by atoms with E-state index in [1.165, 1.54) is 19.9 Å². The van der Waals surface area contributed by atoms with Crippen molar-refractivity contribution < 1.29 is 23.5 Å². The number of furan rings is 1. The van der Waals surface area contributed by atoms with E-state index in [1.807, 2.05) is 6.07 Å². The van der Waals surface area contributed by atoms with E-state index in [1.54, 1.807) is 30.3 Å². The summed E-state index contributed by atoms with van der Waals surface area (Å²) in [4.78, 5) is 37.3. The number of carbonyl (C=O) groups excluding carboxylic acids is 3. The zero-order valence-corrected chi connectivity index (χ0v) is 18.1. The van der Waals surface area contributed by atoms with Crippen LogP contribution in [0.3, 0.4) is 0 Å². The topological polar surface area (TPSA) is 101 Å². The number of esters is 1. The molecule has 158 valence electrons. The predicted molar refractivity (Wildman–Crippen MR) is 114 cm³/mol. The van der Waals surface area contributed by atoms with Crippen LogP contribution in [-0.4, -0.2) is 35.8 Å². The van der Waals surface area contributed by atoms with Gasteiger partial charge < -0.3 is 9.15 Å². The van der Waals surface area contributed by atoms with Crippen LogP contribution >= 0.6 is 23.2 Å². The highest BCUT2D eigenvalue weighted by molar-refractivity contribution is 6.35. The molecule has 1 aliphatic heterocycles. The lowest BCUT2D eigenvalue weighted by atomic mass is 9.94. The van der Waals surface area contributed by atoms with E-state index in [9.17, 15) is 19.6 Å². The van der Waals surface area contributed by atoms with Gasteiger partial charge in [0.05, 0.1) is 11.6 Å². The summed E-state index contributed by atoms with van der Waals surface area (Å²) in [6.45, 7) is 2.39. The molecule has 0 spiro atoms. The summed E-state index contributed by atoms with van der Waals surface area (Å²) in [7, 11) is 0. The molecule has 1 aromatic heterocycles. The Labute approximate surface area is 188 Å². The molecule has 0 N–H and O–H groups in total. The molecule has 2 heterocycles. The van der Waals surface area contributed by atoms with E-state index >= 15 is 0 Å². The summed E-state index contributed by atoms with van der Waals surface area (Å²) in [5, 5.41) is 10.3. The first-order valence-corrected chi connectivity index (χ1v) is 9.86. The van der Waals surface area contributed by atoms with Crippen molar-refractivity contribution in [2.24, 2.45) is 0 Å². The number of hydrogen-bond donors (Lipinski definition) is 0. The third-order valence-corrected chi connectivity index (χ3v) is 5.12. The third kappa shape index (κ3) is 4.71. The van der Waals surface area contributed by atoms with Crippen molar-refractivity contribution in [1.82, 2.24) is 4.90 Å². The Kier molecular flexibility index (Phi) is 6.64. The molecule has 0 radical (unpaired) electrons. The molecule has 2 amide bonds. The van der Waals surface area contributed by atoms with Crippen molar-refractivity contribution in [2.75, 3.05) is 13.2 Å². The predicted octanol–water partition coefficient (Wildman–Crippen LogP) is 4.41. The van der Waals surface area contributed by atoms with Crippen molar-refractivity contribution in [2.45, 2.75) is 13.8 Å². The number of hydrogen-bond acceptors (Lipinski definition) is 6. The Morgan fingerprint density at radius 1 is 1.23 bits per heavy atom. The molecule has 9 heteroatoms. The van der Waals surface area contributed by atoms with Gasteiger partial charge in [-0.05, 0) is 48.9 Å². The molecule has 0 unspecified atom stereocenters. The van der Waals surface area contributed by atoms with Crippen LogP contribution in [0.25, 0.3) is 17.4 Å². The molecule has 1 aromatic carbocycles. The standard InChI is InChI=1S/C22H16Cl2N2O5/c1-12-16(21(28)26(7-8-30-13(2)27)22(29)18(12)11-25)10-15-4-6-20(31-15)17-9-14(23)3-5-19(17)24/h3-6,9-10H,7-8H2,1-2H3/b16-10+. The lowest BCUT2D eigenvalue weighted by molar-refractivity contribution is -0.147. The fraction of sp³-hybridized carbons (Fsp3) is 0.182. The maximum atomic E-state index is 12.9. The van der Waals surface area contributed by atoms with Crippen LogP contribution in [0.15, 0.2) is 51.5 Å². The van der Waals surface area contributed by atoms with Crippen molar-refractivity contribution in [3.8, 4) is 17.4 Å². The summed E-state index contributed by atoms with van der Waals surface area (Å²) >= 11 is 12.2. The van der Waals surface area contributed by atoms with Crippen LogP contribution in [0.2, 0.25) is 10.0 Å². The molecule has 0 fully saturated rings. The first-order valence-electron chi connectivity index (χ1n) is 9.10. The normalized spacial score (nSPS) is 15.5. The number of ether oxygens (including phenoxy) is 1. The van der Waals surface area contributed by atoms with Gasteiger partial charge in [0.15, 0.2) is 0 Å². The number of rotatable bonds is 5. The van der Waals surface area contributed by atoms with E-state index in [2.05, 4.69) is 0 Å². The fourth-order valence-corrected chi connectivity index (χ4v) is 3.40. The molecule has 0 atom stereocenters.